The molecule has 1 saturated carbocycles. The van der Waals surface area contributed by atoms with Crippen molar-refractivity contribution in [2.24, 2.45) is 5.92 Å². The van der Waals surface area contributed by atoms with Gasteiger partial charge in [0.15, 0.2) is 0 Å². The van der Waals surface area contributed by atoms with Gasteiger partial charge in [-0.15, -0.1) is 0 Å². The zero-order chi connectivity index (χ0) is 9.80. The lowest BCUT2D eigenvalue weighted by atomic mass is 10.3. The summed E-state index contributed by atoms with van der Waals surface area (Å²) in [5, 5.41) is 0. The van der Waals surface area contributed by atoms with Crippen molar-refractivity contribution in [3.8, 4) is 11.5 Å². The van der Waals surface area contributed by atoms with Crippen LogP contribution in [-0.4, -0.2) is 13.7 Å². The maximum atomic E-state index is 5.56. The standard InChI is InChI=1S/C12H15O2/c1-13-11-3-2-4-12(9-11)14-8-7-10-5-6-10/h2-4,7,9-10H,5-6,8H2,1H3. The lowest BCUT2D eigenvalue weighted by molar-refractivity contribution is 0.338. The largest absolute Gasteiger partial charge is 0.497 e. The Hall–Kier alpha value is -1.18. The van der Waals surface area contributed by atoms with Crippen LogP contribution in [0.25, 0.3) is 0 Å². The van der Waals surface area contributed by atoms with Crippen molar-refractivity contribution in [2.45, 2.75) is 12.8 Å². The Balaban J connectivity index is 1.81. The summed E-state index contributed by atoms with van der Waals surface area (Å²) in [6.45, 7) is 0.706. The van der Waals surface area contributed by atoms with Crippen LogP contribution >= 0.6 is 0 Å². The van der Waals surface area contributed by atoms with Gasteiger partial charge in [0, 0.05) is 12.5 Å². The number of rotatable bonds is 5. The summed E-state index contributed by atoms with van der Waals surface area (Å²) in [5.74, 6) is 2.52. The molecule has 0 bridgehead atoms. The average molecular weight is 191 g/mol. The molecule has 1 fully saturated rings. The molecule has 0 spiro atoms. The molecular formula is C12H15O2. The highest BCUT2D eigenvalue weighted by Crippen LogP contribution is 2.31. The summed E-state index contributed by atoms with van der Waals surface area (Å²) in [6.07, 6.45) is 4.91. The van der Waals surface area contributed by atoms with E-state index in [4.69, 9.17) is 9.47 Å². The maximum Gasteiger partial charge on any atom is 0.122 e. The zero-order valence-electron chi connectivity index (χ0n) is 8.40. The fraction of sp³-hybridized carbons (Fsp3) is 0.417. The second kappa shape index (κ2) is 4.36. The number of methoxy groups -OCH3 is 1. The summed E-state index contributed by atoms with van der Waals surface area (Å²) >= 11 is 0. The Labute approximate surface area is 84.8 Å². The van der Waals surface area contributed by atoms with Crippen LogP contribution in [0.15, 0.2) is 24.3 Å². The van der Waals surface area contributed by atoms with Crippen LogP contribution in [0.2, 0.25) is 0 Å². The molecule has 75 valence electrons. The fourth-order valence-electron chi connectivity index (χ4n) is 1.30. The number of benzene rings is 1. The summed E-state index contributed by atoms with van der Waals surface area (Å²) in [4.78, 5) is 0. The third kappa shape index (κ3) is 2.66. The zero-order valence-corrected chi connectivity index (χ0v) is 8.40. The van der Waals surface area contributed by atoms with Crippen molar-refractivity contribution in [2.75, 3.05) is 13.7 Å². The average Bonchev–Trinajstić information content (AvgIpc) is 3.02. The van der Waals surface area contributed by atoms with Crippen LogP contribution < -0.4 is 9.47 Å². The van der Waals surface area contributed by atoms with Gasteiger partial charge in [-0.2, -0.15) is 0 Å². The van der Waals surface area contributed by atoms with Gasteiger partial charge in [-0.25, -0.2) is 0 Å². The monoisotopic (exact) mass is 191 g/mol. The molecular weight excluding hydrogens is 176 g/mol. The Morgan fingerprint density at radius 1 is 1.36 bits per heavy atom. The van der Waals surface area contributed by atoms with Gasteiger partial charge in [0.2, 0.25) is 0 Å². The predicted octanol–water partition coefficient (Wildman–Crippen LogP) is 2.69. The van der Waals surface area contributed by atoms with Gasteiger partial charge in [0.25, 0.3) is 0 Å². The number of hydrogen-bond donors (Lipinski definition) is 0. The van der Waals surface area contributed by atoms with Crippen molar-refractivity contribution in [3.63, 3.8) is 0 Å². The van der Waals surface area contributed by atoms with E-state index < -0.39 is 0 Å². The van der Waals surface area contributed by atoms with Gasteiger partial charge in [-0.3, -0.25) is 0 Å². The first kappa shape index (κ1) is 9.38. The first-order chi connectivity index (χ1) is 6.88. The van der Waals surface area contributed by atoms with Crippen molar-refractivity contribution in [3.05, 3.63) is 30.7 Å². The molecule has 0 N–H and O–H groups in total. The van der Waals surface area contributed by atoms with E-state index in [1.165, 1.54) is 12.8 Å². The molecule has 2 rings (SSSR count). The molecule has 1 aromatic rings. The molecule has 1 aliphatic rings. The molecule has 0 unspecified atom stereocenters. The van der Waals surface area contributed by atoms with Crippen molar-refractivity contribution in [1.82, 2.24) is 0 Å². The highest BCUT2D eigenvalue weighted by Gasteiger charge is 2.20. The minimum absolute atomic E-state index is 0.706. The van der Waals surface area contributed by atoms with E-state index in [9.17, 15) is 0 Å². The van der Waals surface area contributed by atoms with Gasteiger partial charge < -0.3 is 9.47 Å². The van der Waals surface area contributed by atoms with E-state index in [1.807, 2.05) is 24.3 Å². The molecule has 2 nitrogen and oxygen atoms in total. The van der Waals surface area contributed by atoms with Crippen LogP contribution in [0.1, 0.15) is 12.8 Å². The first-order valence-electron chi connectivity index (χ1n) is 4.98. The topological polar surface area (TPSA) is 18.5 Å². The molecule has 0 aromatic heterocycles. The summed E-state index contributed by atoms with van der Waals surface area (Å²) < 4.78 is 10.7. The molecule has 14 heavy (non-hydrogen) atoms. The van der Waals surface area contributed by atoms with E-state index in [0.717, 1.165) is 17.4 Å². The fourth-order valence-corrected chi connectivity index (χ4v) is 1.30. The first-order valence-corrected chi connectivity index (χ1v) is 4.98. The molecule has 1 aliphatic carbocycles. The van der Waals surface area contributed by atoms with Gasteiger partial charge in [0.05, 0.1) is 13.7 Å². The van der Waals surface area contributed by atoms with Gasteiger partial charge in [-0.1, -0.05) is 6.07 Å². The van der Waals surface area contributed by atoms with Gasteiger partial charge >= 0.3 is 0 Å². The molecule has 0 heterocycles. The molecule has 1 radical (unpaired) electrons. The van der Waals surface area contributed by atoms with E-state index in [1.54, 1.807) is 7.11 Å². The maximum absolute atomic E-state index is 5.56. The minimum atomic E-state index is 0.706. The van der Waals surface area contributed by atoms with Crippen LogP contribution in [-0.2, 0) is 0 Å². The van der Waals surface area contributed by atoms with E-state index in [2.05, 4.69) is 6.42 Å². The summed E-state index contributed by atoms with van der Waals surface area (Å²) in [6, 6.07) is 7.70. The van der Waals surface area contributed by atoms with Crippen molar-refractivity contribution < 1.29 is 9.47 Å². The van der Waals surface area contributed by atoms with Crippen LogP contribution in [0.3, 0.4) is 0 Å². The Bertz CT molecular complexity index is 292. The normalized spacial score (nSPS) is 15.2. The summed E-state index contributed by atoms with van der Waals surface area (Å²) in [5.41, 5.74) is 0. The highest BCUT2D eigenvalue weighted by molar-refractivity contribution is 5.32. The van der Waals surface area contributed by atoms with Crippen LogP contribution in [0, 0.1) is 12.3 Å². The lowest BCUT2D eigenvalue weighted by Gasteiger charge is -2.06. The quantitative estimate of drug-likeness (QED) is 0.712. The van der Waals surface area contributed by atoms with E-state index in [0.29, 0.717) is 6.61 Å². The predicted molar refractivity (Wildman–Crippen MR) is 55.5 cm³/mol. The molecule has 0 saturated heterocycles. The van der Waals surface area contributed by atoms with Crippen molar-refractivity contribution in [1.29, 1.82) is 0 Å². The van der Waals surface area contributed by atoms with Gasteiger partial charge in [-0.05, 0) is 30.9 Å². The number of ether oxygens (including phenoxy) is 2. The molecule has 1 aromatic carbocycles. The second-order valence-electron chi connectivity index (χ2n) is 3.56. The third-order valence-corrected chi connectivity index (χ3v) is 2.34. The smallest absolute Gasteiger partial charge is 0.122 e. The van der Waals surface area contributed by atoms with Crippen molar-refractivity contribution >= 4 is 0 Å². The summed E-state index contributed by atoms with van der Waals surface area (Å²) in [7, 11) is 1.66. The van der Waals surface area contributed by atoms with E-state index in [-0.39, 0.29) is 0 Å². The Morgan fingerprint density at radius 2 is 2.14 bits per heavy atom. The highest BCUT2D eigenvalue weighted by atomic mass is 16.5. The number of hydrogen-bond acceptors (Lipinski definition) is 2. The third-order valence-electron chi connectivity index (χ3n) is 2.34. The Kier molecular flexibility index (Phi) is 2.92. The van der Waals surface area contributed by atoms with E-state index >= 15 is 0 Å². The molecule has 2 heteroatoms. The lowest BCUT2D eigenvalue weighted by Crippen LogP contribution is -1.99. The SMILES string of the molecule is COc1cccc(OC[CH]C2CC2)c1. The second-order valence-corrected chi connectivity index (χ2v) is 3.56. The minimum Gasteiger partial charge on any atom is -0.497 e. The molecule has 0 amide bonds. The van der Waals surface area contributed by atoms with Gasteiger partial charge in [0.1, 0.15) is 11.5 Å². The van der Waals surface area contributed by atoms with Crippen LogP contribution in [0.5, 0.6) is 11.5 Å². The van der Waals surface area contributed by atoms with Crippen LogP contribution in [0.4, 0.5) is 0 Å². The molecule has 0 aliphatic heterocycles. The molecule has 0 atom stereocenters. The Morgan fingerprint density at radius 3 is 2.86 bits per heavy atom.